The van der Waals surface area contributed by atoms with Gasteiger partial charge in [-0.3, -0.25) is 0 Å². The molecule has 0 saturated heterocycles. The van der Waals surface area contributed by atoms with E-state index in [1.165, 1.54) is 22.4 Å². The first-order valence-corrected chi connectivity index (χ1v) is 10.0. The van der Waals surface area contributed by atoms with Crippen LogP contribution >= 0.6 is 0 Å². The lowest BCUT2D eigenvalue weighted by Crippen LogP contribution is -2.41. The number of nitrogens with zero attached hydrogens (tertiary/aromatic N) is 4. The van der Waals surface area contributed by atoms with E-state index in [1.807, 2.05) is 0 Å². The molecule has 2 aromatic carbocycles. The molecule has 0 amide bonds. The fourth-order valence-electron chi connectivity index (χ4n) is 3.97. The van der Waals surface area contributed by atoms with Crippen LogP contribution in [0.1, 0.15) is 47.1 Å². The molecule has 0 spiro atoms. The normalized spacial score (nSPS) is 14.0. The van der Waals surface area contributed by atoms with E-state index >= 15 is 0 Å². The Kier molecular flexibility index (Phi) is 4.33. The van der Waals surface area contributed by atoms with Gasteiger partial charge in [-0.1, -0.05) is 68.4 Å². The van der Waals surface area contributed by atoms with Crippen molar-refractivity contribution in [3.8, 4) is 22.5 Å². The Hall–Kier alpha value is -2.62. The van der Waals surface area contributed by atoms with Gasteiger partial charge in [0.15, 0.2) is 0 Å². The molecule has 0 bridgehead atoms. The Morgan fingerprint density at radius 2 is 1.50 bits per heavy atom. The second-order valence-corrected chi connectivity index (χ2v) is 9.94. The molecular weight excluding hydrogens is 344 g/mol. The first-order chi connectivity index (χ1) is 13.1. The summed E-state index contributed by atoms with van der Waals surface area (Å²) in [7, 11) is 0. The molecule has 0 saturated carbocycles. The molecule has 1 aliphatic heterocycles. The second-order valence-electron chi connectivity index (χ2n) is 9.94. The highest BCUT2D eigenvalue weighted by molar-refractivity contribution is 5.88. The van der Waals surface area contributed by atoms with Crippen molar-refractivity contribution in [3.63, 3.8) is 0 Å². The van der Waals surface area contributed by atoms with E-state index in [4.69, 9.17) is 0 Å². The van der Waals surface area contributed by atoms with Gasteiger partial charge in [0.05, 0.1) is 5.69 Å². The van der Waals surface area contributed by atoms with Gasteiger partial charge in [0.1, 0.15) is 5.69 Å². The largest absolute Gasteiger partial charge is 0.362 e. The smallest absolute Gasteiger partial charge is 0.121 e. The molecule has 1 aromatic heterocycles. The lowest BCUT2D eigenvalue weighted by atomic mass is 9.92. The zero-order valence-electron chi connectivity index (χ0n) is 17.8. The maximum atomic E-state index is 4.66. The van der Waals surface area contributed by atoms with E-state index in [-0.39, 0.29) is 11.0 Å². The van der Waals surface area contributed by atoms with Crippen LogP contribution < -0.4 is 4.90 Å². The molecule has 0 unspecified atom stereocenters. The average molecular weight is 375 g/mol. The van der Waals surface area contributed by atoms with Gasteiger partial charge in [0, 0.05) is 35.4 Å². The highest BCUT2D eigenvalue weighted by Gasteiger charge is 2.31. The summed E-state index contributed by atoms with van der Waals surface area (Å²) in [4.78, 5) is 2.50. The number of fused-ring (bicyclic) bond motifs is 5. The first kappa shape index (κ1) is 18.7. The van der Waals surface area contributed by atoms with Crippen molar-refractivity contribution in [2.24, 2.45) is 5.41 Å². The Bertz CT molecular complexity index is 1000. The average Bonchev–Trinajstić information content (AvgIpc) is 2.98. The minimum atomic E-state index is -0.0109. The predicted molar refractivity (Wildman–Crippen MR) is 116 cm³/mol. The minimum Gasteiger partial charge on any atom is -0.362 e. The van der Waals surface area contributed by atoms with Gasteiger partial charge in [-0.25, -0.2) is 4.68 Å². The molecule has 0 radical (unpaired) electrons. The summed E-state index contributed by atoms with van der Waals surface area (Å²) in [5.74, 6) is 0. The number of hydrogen-bond acceptors (Lipinski definition) is 3. The van der Waals surface area contributed by atoms with E-state index in [0.29, 0.717) is 0 Å². The molecule has 1 aliphatic rings. The van der Waals surface area contributed by atoms with Crippen LogP contribution in [0.15, 0.2) is 48.5 Å². The van der Waals surface area contributed by atoms with Crippen molar-refractivity contribution < 1.29 is 0 Å². The summed E-state index contributed by atoms with van der Waals surface area (Å²) in [5.41, 5.74) is 7.12. The Balaban J connectivity index is 2.05. The van der Waals surface area contributed by atoms with E-state index in [2.05, 4.69) is 110 Å². The Morgan fingerprint density at radius 1 is 0.857 bits per heavy atom. The van der Waals surface area contributed by atoms with Gasteiger partial charge in [-0.05, 0) is 37.8 Å². The summed E-state index contributed by atoms with van der Waals surface area (Å²) in [6, 6.07) is 17.3. The molecule has 0 atom stereocenters. The van der Waals surface area contributed by atoms with Crippen LogP contribution in [-0.4, -0.2) is 20.5 Å². The van der Waals surface area contributed by atoms with Gasteiger partial charge in [0.2, 0.25) is 0 Å². The minimum absolute atomic E-state index is 0.0109. The lowest BCUT2D eigenvalue weighted by molar-refractivity contribution is 0.323. The highest BCUT2D eigenvalue weighted by atomic mass is 15.4. The van der Waals surface area contributed by atoms with Crippen LogP contribution in [0, 0.1) is 5.41 Å². The Morgan fingerprint density at radius 3 is 2.18 bits per heavy atom. The summed E-state index contributed by atoms with van der Waals surface area (Å²) < 4.78 is 2.09. The summed E-state index contributed by atoms with van der Waals surface area (Å²) >= 11 is 0. The molecule has 28 heavy (non-hydrogen) atoms. The zero-order valence-corrected chi connectivity index (χ0v) is 17.8. The number of hydrogen-bond donors (Lipinski definition) is 0. The third kappa shape index (κ3) is 3.32. The van der Waals surface area contributed by atoms with Gasteiger partial charge >= 0.3 is 0 Å². The maximum absolute atomic E-state index is 4.66. The number of para-hydroxylation sites is 1. The van der Waals surface area contributed by atoms with E-state index in [0.717, 1.165) is 24.5 Å². The standard InChI is InChI=1S/C24H30N4/c1-23(2,3)16-28-22-19-13-9-10-14-20(19)27(24(4,5)6)15-17-11-7-8-12-18(17)21(22)25-26-28/h7-14H,15-16H2,1-6H3. The van der Waals surface area contributed by atoms with Gasteiger partial charge in [-0.15, -0.1) is 5.10 Å². The highest BCUT2D eigenvalue weighted by Crippen LogP contribution is 2.43. The zero-order chi connectivity index (χ0) is 20.1. The lowest BCUT2D eigenvalue weighted by Gasteiger charge is -2.40. The van der Waals surface area contributed by atoms with E-state index in [9.17, 15) is 0 Å². The Labute approximate surface area is 168 Å². The SMILES string of the molecule is CC(C)(C)Cn1nnc2c1-c1ccccc1N(C(C)(C)C)Cc1ccccc1-2. The number of benzene rings is 2. The van der Waals surface area contributed by atoms with Gasteiger partial charge in [-0.2, -0.15) is 0 Å². The van der Waals surface area contributed by atoms with Gasteiger partial charge < -0.3 is 4.90 Å². The molecule has 4 rings (SSSR count). The topological polar surface area (TPSA) is 34.0 Å². The van der Waals surface area contributed by atoms with Crippen molar-refractivity contribution in [2.45, 2.75) is 60.2 Å². The number of aromatic nitrogens is 3. The van der Waals surface area contributed by atoms with E-state index in [1.54, 1.807) is 0 Å². The van der Waals surface area contributed by atoms with Crippen LogP contribution in [0.3, 0.4) is 0 Å². The molecule has 4 nitrogen and oxygen atoms in total. The summed E-state index contributed by atoms with van der Waals surface area (Å²) in [6.07, 6.45) is 0. The molecule has 0 N–H and O–H groups in total. The van der Waals surface area contributed by atoms with Crippen LogP contribution in [0.5, 0.6) is 0 Å². The van der Waals surface area contributed by atoms with Crippen LogP contribution in [0.4, 0.5) is 5.69 Å². The van der Waals surface area contributed by atoms with E-state index < -0.39 is 0 Å². The monoisotopic (exact) mass is 374 g/mol. The fourth-order valence-corrected chi connectivity index (χ4v) is 3.97. The van der Waals surface area contributed by atoms with Crippen molar-refractivity contribution in [2.75, 3.05) is 4.90 Å². The van der Waals surface area contributed by atoms with Crippen molar-refractivity contribution in [1.82, 2.24) is 15.0 Å². The third-order valence-corrected chi connectivity index (χ3v) is 5.22. The predicted octanol–water partition coefficient (Wildman–Crippen LogP) is 5.78. The molecule has 0 fully saturated rings. The first-order valence-electron chi connectivity index (χ1n) is 10.0. The van der Waals surface area contributed by atoms with Crippen LogP contribution in [0.25, 0.3) is 22.5 Å². The molecule has 4 heteroatoms. The summed E-state index contributed by atoms with van der Waals surface area (Å²) in [5, 5.41) is 9.26. The van der Waals surface area contributed by atoms with Crippen molar-refractivity contribution in [1.29, 1.82) is 0 Å². The molecule has 2 heterocycles. The third-order valence-electron chi connectivity index (χ3n) is 5.22. The summed E-state index contributed by atoms with van der Waals surface area (Å²) in [6.45, 7) is 15.2. The van der Waals surface area contributed by atoms with Crippen molar-refractivity contribution >= 4 is 5.69 Å². The second kappa shape index (κ2) is 6.47. The van der Waals surface area contributed by atoms with Crippen LogP contribution in [-0.2, 0) is 13.1 Å². The quantitative estimate of drug-likeness (QED) is 0.542. The molecule has 3 aromatic rings. The molecule has 146 valence electrons. The van der Waals surface area contributed by atoms with Crippen LogP contribution in [0.2, 0.25) is 0 Å². The molecular formula is C24H30N4. The number of rotatable bonds is 1. The molecule has 0 aliphatic carbocycles. The van der Waals surface area contributed by atoms with Gasteiger partial charge in [0.25, 0.3) is 0 Å². The fraction of sp³-hybridized carbons (Fsp3) is 0.417. The number of anilines is 1. The van der Waals surface area contributed by atoms with Crippen molar-refractivity contribution in [3.05, 3.63) is 54.1 Å². The maximum Gasteiger partial charge on any atom is 0.121 e.